The molecule has 0 amide bonds. The average molecular weight is 457 g/mol. The molecule has 1 saturated carbocycles. The first kappa shape index (κ1) is 24.8. The summed E-state index contributed by atoms with van der Waals surface area (Å²) in [5, 5.41) is 11.8. The largest absolute Gasteiger partial charge is 0.477 e. The lowest BCUT2D eigenvalue weighted by molar-refractivity contribution is 0.0690. The molecule has 0 unspecified atom stereocenters. The molecule has 3 aromatic rings. The SMILES string of the molecule is CCN(C(C)C)C(C)C.O=C(O)c1cc2nc(-c3ccco3)c(C3CCCCC3)c(=O)n2[nH]1. The van der Waals surface area contributed by atoms with Crippen molar-refractivity contribution in [2.45, 2.75) is 84.7 Å². The molecule has 33 heavy (non-hydrogen) atoms. The molecular weight excluding hydrogens is 420 g/mol. The van der Waals surface area contributed by atoms with Crippen molar-refractivity contribution in [2.24, 2.45) is 0 Å². The number of carboxylic acids is 1. The Kier molecular flexibility index (Phi) is 8.13. The second-order valence-corrected chi connectivity index (χ2v) is 9.18. The lowest BCUT2D eigenvalue weighted by atomic mass is 9.83. The Balaban J connectivity index is 0.000000292. The standard InChI is InChI=1S/C17H17N3O4.C8H19N/c21-16-14(10-5-2-1-3-6-10)15(12-7-4-8-24-12)18-13-9-11(17(22)23)19-20(13)16;1-6-9(7(2)3)8(4)5/h4,7-10,19H,1-3,5-6H2,(H,22,23);7-8H,6H2,1-5H3. The molecule has 3 heterocycles. The fourth-order valence-corrected chi connectivity index (χ4v) is 4.83. The lowest BCUT2D eigenvalue weighted by Crippen LogP contribution is -2.36. The molecule has 4 rings (SSSR count). The van der Waals surface area contributed by atoms with Gasteiger partial charge in [-0.1, -0.05) is 26.2 Å². The summed E-state index contributed by atoms with van der Waals surface area (Å²) in [6.07, 6.45) is 6.75. The predicted molar refractivity (Wildman–Crippen MR) is 129 cm³/mol. The second kappa shape index (κ2) is 10.8. The topological polar surface area (TPSA) is 104 Å². The monoisotopic (exact) mass is 456 g/mol. The molecule has 0 bridgehead atoms. The van der Waals surface area contributed by atoms with E-state index in [4.69, 9.17) is 9.52 Å². The van der Waals surface area contributed by atoms with Crippen LogP contribution in [0.3, 0.4) is 0 Å². The fourth-order valence-electron chi connectivity index (χ4n) is 4.83. The summed E-state index contributed by atoms with van der Waals surface area (Å²) in [6, 6.07) is 6.27. The first-order valence-electron chi connectivity index (χ1n) is 11.9. The van der Waals surface area contributed by atoms with Gasteiger partial charge in [-0.05, 0) is 65.1 Å². The molecule has 0 radical (unpaired) electrons. The smallest absolute Gasteiger partial charge is 0.353 e. The molecule has 0 aromatic carbocycles. The summed E-state index contributed by atoms with van der Waals surface area (Å²) < 4.78 is 6.69. The number of furan rings is 1. The van der Waals surface area contributed by atoms with E-state index in [1.807, 2.05) is 0 Å². The number of aromatic carboxylic acids is 1. The summed E-state index contributed by atoms with van der Waals surface area (Å²) in [5.74, 6) is -0.473. The van der Waals surface area contributed by atoms with Gasteiger partial charge >= 0.3 is 5.97 Å². The number of carboxylic acid groups (broad SMARTS) is 1. The number of hydrogen-bond donors (Lipinski definition) is 2. The third-order valence-electron chi connectivity index (χ3n) is 6.34. The molecule has 180 valence electrons. The molecule has 8 heteroatoms. The number of H-pyrrole nitrogens is 1. The minimum atomic E-state index is -1.13. The van der Waals surface area contributed by atoms with Crippen LogP contribution in [0.15, 0.2) is 33.7 Å². The highest BCUT2D eigenvalue weighted by molar-refractivity contribution is 5.86. The molecule has 1 aliphatic carbocycles. The zero-order valence-corrected chi connectivity index (χ0v) is 20.3. The summed E-state index contributed by atoms with van der Waals surface area (Å²) in [5.41, 5.74) is 1.11. The van der Waals surface area contributed by atoms with Gasteiger partial charge in [0.15, 0.2) is 11.4 Å². The maximum absolute atomic E-state index is 13.0. The molecule has 0 spiro atoms. The summed E-state index contributed by atoms with van der Waals surface area (Å²) >= 11 is 0. The quantitative estimate of drug-likeness (QED) is 0.531. The number of hydrogen-bond acceptors (Lipinski definition) is 5. The van der Waals surface area contributed by atoms with Gasteiger partial charge in [0.1, 0.15) is 11.4 Å². The number of nitrogens with one attached hydrogen (secondary N) is 1. The van der Waals surface area contributed by atoms with E-state index in [9.17, 15) is 9.59 Å². The van der Waals surface area contributed by atoms with Crippen LogP contribution in [0.5, 0.6) is 0 Å². The van der Waals surface area contributed by atoms with Crippen molar-refractivity contribution in [1.82, 2.24) is 19.5 Å². The Bertz CT molecular complexity index is 1100. The number of nitrogens with zero attached hydrogens (tertiary/aromatic N) is 3. The van der Waals surface area contributed by atoms with Crippen molar-refractivity contribution in [3.63, 3.8) is 0 Å². The average Bonchev–Trinajstić information content (AvgIpc) is 3.45. The highest BCUT2D eigenvalue weighted by Crippen LogP contribution is 2.35. The van der Waals surface area contributed by atoms with E-state index < -0.39 is 5.97 Å². The van der Waals surface area contributed by atoms with Gasteiger partial charge in [-0.15, -0.1) is 0 Å². The molecule has 3 aromatic heterocycles. The molecule has 0 atom stereocenters. The van der Waals surface area contributed by atoms with Crippen LogP contribution < -0.4 is 5.56 Å². The van der Waals surface area contributed by atoms with E-state index in [1.165, 1.54) is 17.0 Å². The lowest BCUT2D eigenvalue weighted by Gasteiger charge is -2.28. The van der Waals surface area contributed by atoms with Crippen molar-refractivity contribution in [3.05, 3.63) is 46.1 Å². The van der Waals surface area contributed by atoms with Crippen LogP contribution in [0.1, 0.15) is 88.7 Å². The van der Waals surface area contributed by atoms with Gasteiger partial charge in [-0.3, -0.25) is 14.8 Å². The van der Waals surface area contributed by atoms with Gasteiger partial charge in [-0.25, -0.2) is 14.3 Å². The van der Waals surface area contributed by atoms with Crippen molar-refractivity contribution in [1.29, 1.82) is 0 Å². The van der Waals surface area contributed by atoms with Gasteiger partial charge in [0.05, 0.1) is 11.8 Å². The van der Waals surface area contributed by atoms with Gasteiger partial charge in [-0.2, -0.15) is 0 Å². The Morgan fingerprint density at radius 1 is 1.24 bits per heavy atom. The highest BCUT2D eigenvalue weighted by atomic mass is 16.4. The Hall–Kier alpha value is -2.87. The zero-order chi connectivity index (χ0) is 24.1. The summed E-state index contributed by atoms with van der Waals surface area (Å²) in [7, 11) is 0. The van der Waals surface area contributed by atoms with Crippen LogP contribution in [0.25, 0.3) is 17.1 Å². The van der Waals surface area contributed by atoms with Gasteiger partial charge in [0.25, 0.3) is 5.56 Å². The number of rotatable bonds is 6. The zero-order valence-electron chi connectivity index (χ0n) is 20.3. The summed E-state index contributed by atoms with van der Waals surface area (Å²) in [6.45, 7) is 12.3. The molecule has 0 saturated heterocycles. The maximum Gasteiger partial charge on any atom is 0.353 e. The van der Waals surface area contributed by atoms with E-state index >= 15 is 0 Å². The Labute approximate surface area is 194 Å². The van der Waals surface area contributed by atoms with Crippen molar-refractivity contribution in [3.8, 4) is 11.5 Å². The third kappa shape index (κ3) is 5.55. The highest BCUT2D eigenvalue weighted by Gasteiger charge is 2.26. The van der Waals surface area contributed by atoms with Crippen LogP contribution in [0, 0.1) is 0 Å². The van der Waals surface area contributed by atoms with Crippen LogP contribution in [-0.2, 0) is 0 Å². The molecule has 0 aliphatic heterocycles. The first-order valence-corrected chi connectivity index (χ1v) is 11.9. The van der Waals surface area contributed by atoms with Crippen molar-refractivity contribution in [2.75, 3.05) is 6.54 Å². The van der Waals surface area contributed by atoms with E-state index in [0.717, 1.165) is 32.2 Å². The van der Waals surface area contributed by atoms with Crippen LogP contribution in [0.4, 0.5) is 0 Å². The van der Waals surface area contributed by atoms with Gasteiger partial charge in [0, 0.05) is 18.2 Å². The molecule has 1 aliphatic rings. The van der Waals surface area contributed by atoms with E-state index in [0.29, 0.717) is 29.1 Å². The summed E-state index contributed by atoms with van der Waals surface area (Å²) in [4.78, 5) is 31.2. The Morgan fingerprint density at radius 2 is 1.91 bits per heavy atom. The van der Waals surface area contributed by atoms with Gasteiger partial charge < -0.3 is 9.52 Å². The first-order chi connectivity index (χ1) is 15.7. The van der Waals surface area contributed by atoms with E-state index in [2.05, 4.69) is 49.6 Å². The maximum atomic E-state index is 13.0. The minimum Gasteiger partial charge on any atom is -0.477 e. The van der Waals surface area contributed by atoms with Crippen LogP contribution in [-0.4, -0.2) is 49.2 Å². The second-order valence-electron chi connectivity index (χ2n) is 9.18. The van der Waals surface area contributed by atoms with Crippen molar-refractivity contribution >= 4 is 11.6 Å². The third-order valence-corrected chi connectivity index (χ3v) is 6.34. The molecule has 8 nitrogen and oxygen atoms in total. The Morgan fingerprint density at radius 3 is 2.39 bits per heavy atom. The molecule has 1 fully saturated rings. The number of aromatic amines is 1. The van der Waals surface area contributed by atoms with E-state index in [-0.39, 0.29) is 22.8 Å². The number of carbonyl (C=O) groups is 1. The minimum absolute atomic E-state index is 0.0641. The molecule has 2 N–H and O–H groups in total. The predicted octanol–water partition coefficient (Wildman–Crippen LogP) is 5.15. The normalized spacial score (nSPS) is 14.8. The number of aromatic nitrogens is 3. The van der Waals surface area contributed by atoms with Crippen molar-refractivity contribution < 1.29 is 14.3 Å². The van der Waals surface area contributed by atoms with E-state index in [1.54, 1.807) is 18.4 Å². The number of fused-ring (bicyclic) bond motifs is 1. The van der Waals surface area contributed by atoms with Gasteiger partial charge in [0.2, 0.25) is 0 Å². The van der Waals surface area contributed by atoms with Crippen LogP contribution in [0.2, 0.25) is 0 Å². The fraction of sp³-hybridized carbons (Fsp3) is 0.560. The van der Waals surface area contributed by atoms with Crippen LogP contribution >= 0.6 is 0 Å². The molecular formula is C25H36N4O4.